The van der Waals surface area contributed by atoms with Gasteiger partial charge in [-0.1, -0.05) is 0 Å². The van der Waals surface area contributed by atoms with Crippen molar-refractivity contribution >= 4 is 11.6 Å². The van der Waals surface area contributed by atoms with E-state index >= 15 is 0 Å². The predicted molar refractivity (Wildman–Crippen MR) is 72.2 cm³/mol. The van der Waals surface area contributed by atoms with E-state index in [2.05, 4.69) is 5.32 Å². The molecule has 20 heavy (non-hydrogen) atoms. The molecule has 0 aromatic heterocycles. The van der Waals surface area contributed by atoms with Crippen LogP contribution in [0.15, 0.2) is 12.1 Å². The number of carbonyl (C=O) groups excluding carboxylic acids is 1. The highest BCUT2D eigenvalue weighted by molar-refractivity contribution is 5.81. The molecule has 0 saturated carbocycles. The van der Waals surface area contributed by atoms with Gasteiger partial charge in [0.05, 0.1) is 17.8 Å². The Morgan fingerprint density at radius 1 is 1.40 bits per heavy atom. The van der Waals surface area contributed by atoms with E-state index in [0.717, 1.165) is 0 Å². The molecule has 0 unspecified atom stereocenters. The standard InChI is InChI=1S/C14H17F2N3O/c1-4-19(8-12(20)18-9(2)3)11-6-5-10(7-17)13(15)14(11)16/h5-6,9H,4,8H2,1-3H3,(H,18,20). The molecule has 0 spiro atoms. The third-order valence-corrected chi connectivity index (χ3v) is 2.69. The summed E-state index contributed by atoms with van der Waals surface area (Å²) in [4.78, 5) is 13.1. The molecule has 1 aromatic carbocycles. The van der Waals surface area contributed by atoms with E-state index in [0.29, 0.717) is 6.54 Å². The first kappa shape index (κ1) is 15.9. The smallest absolute Gasteiger partial charge is 0.239 e. The Bertz CT molecular complexity index is 538. The van der Waals surface area contributed by atoms with Crippen LogP contribution in [0.25, 0.3) is 0 Å². The van der Waals surface area contributed by atoms with Gasteiger partial charge in [0.1, 0.15) is 6.07 Å². The molecule has 1 aromatic rings. The van der Waals surface area contributed by atoms with Crippen LogP contribution in [0.1, 0.15) is 26.3 Å². The van der Waals surface area contributed by atoms with Gasteiger partial charge in [-0.25, -0.2) is 8.78 Å². The quantitative estimate of drug-likeness (QED) is 0.900. The first-order valence-corrected chi connectivity index (χ1v) is 6.33. The molecule has 0 heterocycles. The number of hydrogen-bond acceptors (Lipinski definition) is 3. The summed E-state index contributed by atoms with van der Waals surface area (Å²) < 4.78 is 27.5. The topological polar surface area (TPSA) is 56.1 Å². The van der Waals surface area contributed by atoms with Crippen LogP contribution in [0.5, 0.6) is 0 Å². The van der Waals surface area contributed by atoms with Crippen LogP contribution in [-0.4, -0.2) is 25.0 Å². The minimum atomic E-state index is -1.19. The fourth-order valence-electron chi connectivity index (χ4n) is 1.78. The fraction of sp³-hybridized carbons (Fsp3) is 0.429. The zero-order valence-electron chi connectivity index (χ0n) is 11.7. The number of nitriles is 1. The normalized spacial score (nSPS) is 10.2. The van der Waals surface area contributed by atoms with Gasteiger partial charge in [0, 0.05) is 12.6 Å². The number of likely N-dealkylation sites (N-methyl/N-ethyl adjacent to an activating group) is 1. The Balaban J connectivity index is 2.99. The molecule has 1 rings (SSSR count). The molecule has 6 heteroatoms. The van der Waals surface area contributed by atoms with Crippen molar-refractivity contribution in [2.24, 2.45) is 0 Å². The summed E-state index contributed by atoms with van der Waals surface area (Å²) in [5.74, 6) is -2.57. The Morgan fingerprint density at radius 2 is 2.05 bits per heavy atom. The Hall–Kier alpha value is -2.16. The summed E-state index contributed by atoms with van der Waals surface area (Å²) in [6.07, 6.45) is 0. The van der Waals surface area contributed by atoms with Crippen LogP contribution in [-0.2, 0) is 4.79 Å². The number of carbonyl (C=O) groups is 1. The van der Waals surface area contributed by atoms with Crippen LogP contribution in [0.3, 0.4) is 0 Å². The van der Waals surface area contributed by atoms with Crippen molar-refractivity contribution in [2.45, 2.75) is 26.8 Å². The van der Waals surface area contributed by atoms with Crippen molar-refractivity contribution in [3.63, 3.8) is 0 Å². The van der Waals surface area contributed by atoms with Gasteiger partial charge >= 0.3 is 0 Å². The molecular weight excluding hydrogens is 264 g/mol. The van der Waals surface area contributed by atoms with Crippen molar-refractivity contribution in [3.8, 4) is 6.07 Å². The van der Waals surface area contributed by atoms with Gasteiger partial charge in [0.25, 0.3) is 0 Å². The zero-order chi connectivity index (χ0) is 15.3. The summed E-state index contributed by atoms with van der Waals surface area (Å²) in [7, 11) is 0. The van der Waals surface area contributed by atoms with Crippen molar-refractivity contribution in [1.29, 1.82) is 5.26 Å². The summed E-state index contributed by atoms with van der Waals surface area (Å²) in [6.45, 7) is 5.63. The Labute approximate surface area is 117 Å². The number of hydrogen-bond donors (Lipinski definition) is 1. The number of halogens is 2. The fourth-order valence-corrected chi connectivity index (χ4v) is 1.78. The molecule has 1 amide bonds. The molecule has 0 atom stereocenters. The Morgan fingerprint density at radius 3 is 2.55 bits per heavy atom. The van der Waals surface area contributed by atoms with E-state index in [4.69, 9.17) is 5.26 Å². The van der Waals surface area contributed by atoms with Crippen LogP contribution in [0.4, 0.5) is 14.5 Å². The van der Waals surface area contributed by atoms with Gasteiger partial charge in [-0.2, -0.15) is 5.26 Å². The highest BCUT2D eigenvalue weighted by atomic mass is 19.2. The molecule has 0 saturated heterocycles. The van der Waals surface area contributed by atoms with E-state index in [9.17, 15) is 13.6 Å². The zero-order valence-corrected chi connectivity index (χ0v) is 11.7. The summed E-state index contributed by atoms with van der Waals surface area (Å²) in [5, 5.41) is 11.3. The predicted octanol–water partition coefficient (Wildman–Crippen LogP) is 2.19. The molecule has 108 valence electrons. The average molecular weight is 281 g/mol. The second-order valence-corrected chi connectivity index (χ2v) is 4.61. The van der Waals surface area contributed by atoms with Gasteiger partial charge < -0.3 is 10.2 Å². The van der Waals surface area contributed by atoms with Crippen molar-refractivity contribution in [1.82, 2.24) is 5.32 Å². The first-order valence-electron chi connectivity index (χ1n) is 6.33. The van der Waals surface area contributed by atoms with E-state index in [1.54, 1.807) is 13.0 Å². The SMILES string of the molecule is CCN(CC(=O)NC(C)C)c1ccc(C#N)c(F)c1F. The van der Waals surface area contributed by atoms with Crippen molar-refractivity contribution < 1.29 is 13.6 Å². The first-order chi connectivity index (χ1) is 9.40. The second kappa shape index (κ2) is 6.85. The van der Waals surface area contributed by atoms with Gasteiger partial charge in [-0.05, 0) is 32.9 Å². The van der Waals surface area contributed by atoms with E-state index < -0.39 is 11.6 Å². The highest BCUT2D eigenvalue weighted by Gasteiger charge is 2.19. The van der Waals surface area contributed by atoms with Gasteiger partial charge in [0.2, 0.25) is 5.91 Å². The van der Waals surface area contributed by atoms with Crippen LogP contribution >= 0.6 is 0 Å². The molecule has 0 aliphatic heterocycles. The number of anilines is 1. The summed E-state index contributed by atoms with van der Waals surface area (Å²) in [5.41, 5.74) is -0.378. The monoisotopic (exact) mass is 281 g/mol. The number of nitrogens with one attached hydrogen (secondary N) is 1. The lowest BCUT2D eigenvalue weighted by Crippen LogP contribution is -2.40. The Kier molecular flexibility index (Phi) is 5.44. The van der Waals surface area contributed by atoms with Crippen molar-refractivity contribution in [3.05, 3.63) is 29.3 Å². The molecular formula is C14H17F2N3O. The van der Waals surface area contributed by atoms with E-state index in [1.165, 1.54) is 17.0 Å². The highest BCUT2D eigenvalue weighted by Crippen LogP contribution is 2.23. The minimum Gasteiger partial charge on any atom is -0.360 e. The van der Waals surface area contributed by atoms with Crippen LogP contribution < -0.4 is 10.2 Å². The maximum Gasteiger partial charge on any atom is 0.239 e. The number of nitrogens with zero attached hydrogens (tertiary/aromatic N) is 2. The van der Waals surface area contributed by atoms with E-state index in [-0.39, 0.29) is 29.7 Å². The molecule has 0 aliphatic carbocycles. The largest absolute Gasteiger partial charge is 0.360 e. The lowest BCUT2D eigenvalue weighted by Gasteiger charge is -2.23. The third kappa shape index (κ3) is 3.67. The molecule has 4 nitrogen and oxygen atoms in total. The lowest BCUT2D eigenvalue weighted by atomic mass is 10.2. The van der Waals surface area contributed by atoms with E-state index in [1.807, 2.05) is 13.8 Å². The van der Waals surface area contributed by atoms with Crippen LogP contribution in [0, 0.1) is 23.0 Å². The molecule has 0 radical (unpaired) electrons. The summed E-state index contributed by atoms with van der Waals surface area (Å²) >= 11 is 0. The maximum absolute atomic E-state index is 13.9. The van der Waals surface area contributed by atoms with Crippen molar-refractivity contribution in [2.75, 3.05) is 18.0 Å². The minimum absolute atomic E-state index is 0.0243. The van der Waals surface area contributed by atoms with Crippen LogP contribution in [0.2, 0.25) is 0 Å². The molecule has 0 aliphatic rings. The third-order valence-electron chi connectivity index (χ3n) is 2.69. The van der Waals surface area contributed by atoms with Gasteiger partial charge in [0.15, 0.2) is 11.6 Å². The maximum atomic E-state index is 13.9. The van der Waals surface area contributed by atoms with Gasteiger partial charge in [-0.15, -0.1) is 0 Å². The number of benzene rings is 1. The second-order valence-electron chi connectivity index (χ2n) is 4.61. The molecule has 0 fully saturated rings. The molecule has 1 N–H and O–H groups in total. The number of rotatable bonds is 5. The molecule has 0 bridgehead atoms. The summed E-state index contributed by atoms with van der Waals surface area (Å²) in [6, 6.07) is 4.06. The average Bonchev–Trinajstić information content (AvgIpc) is 2.38. The lowest BCUT2D eigenvalue weighted by molar-refractivity contribution is -0.120. The van der Waals surface area contributed by atoms with Gasteiger partial charge in [-0.3, -0.25) is 4.79 Å². The number of amides is 1.